The fourth-order valence-electron chi connectivity index (χ4n) is 2.39. The standard InChI is InChI=1S/C15H20BrNO3/c1-10(18)13-6-5-12(16)9-14(13)20-11(2)15(19)17-7-3-4-8-17/h5-6,9-11,18H,3-4,7-8H2,1-2H3/t10-,11?/m0/s1. The van der Waals surface area contributed by atoms with E-state index in [0.29, 0.717) is 11.3 Å². The molecule has 2 atom stereocenters. The van der Waals surface area contributed by atoms with Gasteiger partial charge >= 0.3 is 0 Å². The van der Waals surface area contributed by atoms with Gasteiger partial charge in [-0.25, -0.2) is 0 Å². The van der Waals surface area contributed by atoms with Gasteiger partial charge in [-0.15, -0.1) is 0 Å². The Morgan fingerprint density at radius 1 is 1.35 bits per heavy atom. The first-order chi connectivity index (χ1) is 9.49. The number of benzene rings is 1. The van der Waals surface area contributed by atoms with Gasteiger partial charge in [0.1, 0.15) is 5.75 Å². The van der Waals surface area contributed by atoms with Crippen LogP contribution >= 0.6 is 15.9 Å². The van der Waals surface area contributed by atoms with Crippen molar-refractivity contribution in [3.05, 3.63) is 28.2 Å². The summed E-state index contributed by atoms with van der Waals surface area (Å²) in [5.41, 5.74) is 0.689. The molecule has 1 amide bonds. The number of aliphatic hydroxyl groups is 1. The van der Waals surface area contributed by atoms with Crippen molar-refractivity contribution in [2.24, 2.45) is 0 Å². The fraction of sp³-hybridized carbons (Fsp3) is 0.533. The third kappa shape index (κ3) is 3.52. The summed E-state index contributed by atoms with van der Waals surface area (Å²) in [6, 6.07) is 5.44. The zero-order chi connectivity index (χ0) is 14.7. The van der Waals surface area contributed by atoms with E-state index in [1.54, 1.807) is 26.0 Å². The first-order valence-corrected chi connectivity index (χ1v) is 7.71. The molecule has 0 spiro atoms. The van der Waals surface area contributed by atoms with Gasteiger partial charge < -0.3 is 14.7 Å². The number of amides is 1. The van der Waals surface area contributed by atoms with Gasteiger partial charge in [-0.2, -0.15) is 0 Å². The van der Waals surface area contributed by atoms with Crippen molar-refractivity contribution in [3.63, 3.8) is 0 Å². The molecule has 1 aliphatic heterocycles. The number of ether oxygens (including phenoxy) is 1. The van der Waals surface area contributed by atoms with Crippen molar-refractivity contribution in [1.29, 1.82) is 0 Å². The van der Waals surface area contributed by atoms with Crippen LogP contribution in [-0.2, 0) is 4.79 Å². The molecule has 0 saturated carbocycles. The van der Waals surface area contributed by atoms with Crippen molar-refractivity contribution < 1.29 is 14.6 Å². The lowest BCUT2D eigenvalue weighted by atomic mass is 10.1. The minimum absolute atomic E-state index is 0.0130. The van der Waals surface area contributed by atoms with Gasteiger partial charge in [0.2, 0.25) is 0 Å². The lowest BCUT2D eigenvalue weighted by Gasteiger charge is -2.23. The summed E-state index contributed by atoms with van der Waals surface area (Å²) >= 11 is 3.38. The van der Waals surface area contributed by atoms with Crippen LogP contribution in [0.25, 0.3) is 0 Å². The zero-order valence-electron chi connectivity index (χ0n) is 11.8. The number of aliphatic hydroxyl groups excluding tert-OH is 1. The molecule has 110 valence electrons. The first-order valence-electron chi connectivity index (χ1n) is 6.92. The second-order valence-electron chi connectivity index (χ2n) is 5.15. The molecule has 1 N–H and O–H groups in total. The van der Waals surface area contributed by atoms with Gasteiger partial charge in [0.15, 0.2) is 6.10 Å². The van der Waals surface area contributed by atoms with Crippen LogP contribution in [0.3, 0.4) is 0 Å². The van der Waals surface area contributed by atoms with Crippen molar-refractivity contribution >= 4 is 21.8 Å². The highest BCUT2D eigenvalue weighted by Crippen LogP contribution is 2.29. The molecule has 1 aromatic rings. The Hall–Kier alpha value is -1.07. The van der Waals surface area contributed by atoms with Crippen LogP contribution in [0.5, 0.6) is 5.75 Å². The molecule has 4 nitrogen and oxygen atoms in total. The van der Waals surface area contributed by atoms with Gasteiger partial charge in [0, 0.05) is 23.1 Å². The highest BCUT2D eigenvalue weighted by atomic mass is 79.9. The topological polar surface area (TPSA) is 49.8 Å². The van der Waals surface area contributed by atoms with Crippen LogP contribution in [0, 0.1) is 0 Å². The maximum atomic E-state index is 12.2. The van der Waals surface area contributed by atoms with Gasteiger partial charge in [-0.1, -0.05) is 22.0 Å². The first kappa shape index (κ1) is 15.3. The predicted octanol–water partition coefficient (Wildman–Crippen LogP) is 2.89. The Morgan fingerprint density at radius 3 is 2.60 bits per heavy atom. The molecular formula is C15H20BrNO3. The van der Waals surface area contributed by atoms with Crippen LogP contribution < -0.4 is 4.74 Å². The van der Waals surface area contributed by atoms with E-state index in [9.17, 15) is 9.90 Å². The third-order valence-corrected chi connectivity index (χ3v) is 3.99. The molecule has 0 aromatic heterocycles. The molecule has 0 bridgehead atoms. The summed E-state index contributed by atoms with van der Waals surface area (Å²) in [4.78, 5) is 14.1. The number of halogens is 1. The van der Waals surface area contributed by atoms with E-state index in [1.165, 1.54) is 0 Å². The van der Waals surface area contributed by atoms with Crippen LogP contribution in [0.1, 0.15) is 38.4 Å². The number of carbonyl (C=O) groups excluding carboxylic acids is 1. The lowest BCUT2D eigenvalue weighted by molar-refractivity contribution is -0.136. The summed E-state index contributed by atoms with van der Waals surface area (Å²) in [5, 5.41) is 9.77. The number of hydrogen-bond donors (Lipinski definition) is 1. The highest BCUT2D eigenvalue weighted by Gasteiger charge is 2.25. The molecule has 1 fully saturated rings. The number of nitrogens with zero attached hydrogens (tertiary/aromatic N) is 1. The quantitative estimate of drug-likeness (QED) is 0.915. The minimum atomic E-state index is -0.632. The molecule has 1 unspecified atom stereocenters. The van der Waals surface area contributed by atoms with Crippen molar-refractivity contribution in [2.75, 3.05) is 13.1 Å². The Morgan fingerprint density at radius 2 is 2.00 bits per heavy atom. The smallest absolute Gasteiger partial charge is 0.263 e. The second-order valence-corrected chi connectivity index (χ2v) is 6.07. The van der Waals surface area contributed by atoms with Gasteiger partial charge in [-0.3, -0.25) is 4.79 Å². The van der Waals surface area contributed by atoms with E-state index in [2.05, 4.69) is 15.9 Å². The minimum Gasteiger partial charge on any atom is -0.480 e. The van der Waals surface area contributed by atoms with E-state index < -0.39 is 12.2 Å². The van der Waals surface area contributed by atoms with Crippen LogP contribution in [0.4, 0.5) is 0 Å². The van der Waals surface area contributed by atoms with E-state index in [4.69, 9.17) is 4.74 Å². The molecule has 2 rings (SSSR count). The Bertz CT molecular complexity index is 484. The van der Waals surface area contributed by atoms with Gasteiger partial charge in [0.05, 0.1) is 6.10 Å². The fourth-order valence-corrected chi connectivity index (χ4v) is 2.73. The highest BCUT2D eigenvalue weighted by molar-refractivity contribution is 9.10. The van der Waals surface area contributed by atoms with Crippen LogP contribution in [0.15, 0.2) is 22.7 Å². The summed E-state index contributed by atoms with van der Waals surface area (Å²) in [6.45, 7) is 5.07. The maximum absolute atomic E-state index is 12.2. The largest absolute Gasteiger partial charge is 0.480 e. The van der Waals surface area contributed by atoms with Crippen LogP contribution in [0.2, 0.25) is 0 Å². The average Bonchev–Trinajstić information content (AvgIpc) is 2.91. The molecule has 1 saturated heterocycles. The van der Waals surface area contributed by atoms with Crippen molar-refractivity contribution in [3.8, 4) is 5.75 Å². The van der Waals surface area contributed by atoms with Crippen molar-refractivity contribution in [2.45, 2.75) is 38.9 Å². The molecule has 5 heteroatoms. The van der Waals surface area contributed by atoms with Gasteiger partial charge in [0.25, 0.3) is 5.91 Å². The summed E-state index contributed by atoms with van der Waals surface area (Å²) < 4.78 is 6.64. The number of hydrogen-bond acceptors (Lipinski definition) is 3. The van der Waals surface area contributed by atoms with E-state index in [0.717, 1.165) is 30.4 Å². The lowest BCUT2D eigenvalue weighted by Crippen LogP contribution is -2.38. The molecular weight excluding hydrogens is 322 g/mol. The van der Waals surface area contributed by atoms with E-state index >= 15 is 0 Å². The molecule has 0 aliphatic carbocycles. The number of likely N-dealkylation sites (tertiary alicyclic amines) is 1. The zero-order valence-corrected chi connectivity index (χ0v) is 13.4. The molecule has 1 heterocycles. The average molecular weight is 342 g/mol. The van der Waals surface area contributed by atoms with E-state index in [-0.39, 0.29) is 5.91 Å². The molecule has 20 heavy (non-hydrogen) atoms. The number of carbonyl (C=O) groups is 1. The second kappa shape index (κ2) is 6.59. The summed E-state index contributed by atoms with van der Waals surface area (Å²) in [7, 11) is 0. The maximum Gasteiger partial charge on any atom is 0.263 e. The Kier molecular flexibility index (Phi) is 5.05. The van der Waals surface area contributed by atoms with E-state index in [1.807, 2.05) is 11.0 Å². The predicted molar refractivity (Wildman–Crippen MR) is 80.7 cm³/mol. The third-order valence-electron chi connectivity index (χ3n) is 3.49. The molecule has 0 radical (unpaired) electrons. The normalized spacial score (nSPS) is 17.9. The summed E-state index contributed by atoms with van der Waals surface area (Å²) in [6.07, 6.45) is 0.954. The van der Waals surface area contributed by atoms with Crippen molar-refractivity contribution in [1.82, 2.24) is 4.90 Å². The van der Waals surface area contributed by atoms with Gasteiger partial charge in [-0.05, 0) is 38.8 Å². The molecule has 1 aliphatic rings. The Balaban J connectivity index is 2.12. The summed E-state index contributed by atoms with van der Waals surface area (Å²) in [5.74, 6) is 0.563. The molecule has 1 aromatic carbocycles. The number of rotatable bonds is 4. The monoisotopic (exact) mass is 341 g/mol. The SMILES string of the molecule is CC(Oc1cc(Br)ccc1[C@H](C)O)C(=O)N1CCCC1. The Labute approximate surface area is 127 Å². The van der Waals surface area contributed by atoms with Crippen LogP contribution in [-0.4, -0.2) is 35.1 Å².